The maximum absolute atomic E-state index is 11.8. The normalized spacial score (nSPS) is 10.4. The van der Waals surface area contributed by atoms with Gasteiger partial charge < -0.3 is 15.8 Å². The number of hydrogen-bond acceptors (Lipinski definition) is 3. The number of nitrogen functional groups attached to an aromatic ring is 1. The van der Waals surface area contributed by atoms with Gasteiger partial charge in [0.2, 0.25) is 5.91 Å². The van der Waals surface area contributed by atoms with Crippen LogP contribution in [0, 0.1) is 13.8 Å². The summed E-state index contributed by atoms with van der Waals surface area (Å²) in [5.41, 5.74) is 9.36. The number of nitrogens with one attached hydrogen (secondary N) is 1. The molecule has 0 aliphatic heterocycles. The van der Waals surface area contributed by atoms with Crippen molar-refractivity contribution in [2.24, 2.45) is 0 Å². The number of aryl methyl sites for hydroxylation is 1. The first-order chi connectivity index (χ1) is 8.56. The second-order valence-electron chi connectivity index (χ2n) is 4.32. The summed E-state index contributed by atoms with van der Waals surface area (Å²) in [6.45, 7) is 7.20. The van der Waals surface area contributed by atoms with Crippen molar-refractivity contribution in [2.75, 3.05) is 24.3 Å². The largest absolute Gasteiger partial charge is 0.397 e. The highest BCUT2D eigenvalue weighted by Gasteiger charge is 2.09. The van der Waals surface area contributed by atoms with Crippen LogP contribution in [0.2, 0.25) is 0 Å². The van der Waals surface area contributed by atoms with Gasteiger partial charge in [0.05, 0.1) is 11.4 Å². The van der Waals surface area contributed by atoms with Gasteiger partial charge in [-0.25, -0.2) is 0 Å². The van der Waals surface area contributed by atoms with Gasteiger partial charge in [0.25, 0.3) is 0 Å². The highest BCUT2D eigenvalue weighted by atomic mass is 16.5. The van der Waals surface area contributed by atoms with E-state index >= 15 is 0 Å². The lowest BCUT2D eigenvalue weighted by molar-refractivity contribution is -0.116. The highest BCUT2D eigenvalue weighted by molar-refractivity contribution is 5.95. The summed E-state index contributed by atoms with van der Waals surface area (Å²) in [5.74, 6) is -0.0184. The molecule has 100 valence electrons. The van der Waals surface area contributed by atoms with Gasteiger partial charge in [-0.05, 0) is 44.4 Å². The monoisotopic (exact) mass is 250 g/mol. The Bertz CT molecular complexity index is 417. The van der Waals surface area contributed by atoms with Crippen molar-refractivity contribution in [3.63, 3.8) is 0 Å². The maximum atomic E-state index is 11.8. The molecule has 0 heterocycles. The number of ether oxygens (including phenoxy) is 1. The molecule has 1 amide bonds. The number of carbonyl (C=O) groups excluding carboxylic acids is 1. The van der Waals surface area contributed by atoms with Gasteiger partial charge in [-0.1, -0.05) is 6.07 Å². The van der Waals surface area contributed by atoms with Gasteiger partial charge in [-0.3, -0.25) is 4.79 Å². The number of hydrogen-bond donors (Lipinski definition) is 2. The zero-order valence-electron chi connectivity index (χ0n) is 11.4. The predicted octanol–water partition coefficient (Wildman–Crippen LogP) is 2.64. The van der Waals surface area contributed by atoms with Crippen molar-refractivity contribution in [2.45, 2.75) is 33.6 Å². The second-order valence-corrected chi connectivity index (χ2v) is 4.32. The van der Waals surface area contributed by atoms with Crippen molar-refractivity contribution in [3.8, 4) is 0 Å². The fourth-order valence-electron chi connectivity index (χ4n) is 1.68. The summed E-state index contributed by atoms with van der Waals surface area (Å²) < 4.78 is 5.20. The molecule has 4 nitrogen and oxygen atoms in total. The quantitative estimate of drug-likeness (QED) is 0.602. The van der Waals surface area contributed by atoms with E-state index < -0.39 is 0 Å². The fraction of sp³-hybridized carbons (Fsp3) is 0.500. The van der Waals surface area contributed by atoms with Crippen LogP contribution in [-0.4, -0.2) is 19.1 Å². The molecule has 0 spiro atoms. The number of benzene rings is 1. The van der Waals surface area contributed by atoms with Crippen LogP contribution in [0.25, 0.3) is 0 Å². The summed E-state index contributed by atoms with van der Waals surface area (Å²) in [6, 6.07) is 3.77. The third-order valence-corrected chi connectivity index (χ3v) is 2.93. The molecule has 0 aliphatic carbocycles. The molecular formula is C14H22N2O2. The average molecular weight is 250 g/mol. The molecule has 0 saturated carbocycles. The van der Waals surface area contributed by atoms with E-state index in [1.54, 1.807) is 0 Å². The Hall–Kier alpha value is -1.55. The maximum Gasteiger partial charge on any atom is 0.224 e. The molecule has 0 atom stereocenters. The molecule has 0 unspecified atom stereocenters. The van der Waals surface area contributed by atoms with Crippen molar-refractivity contribution in [1.82, 2.24) is 0 Å². The van der Waals surface area contributed by atoms with Gasteiger partial charge >= 0.3 is 0 Å². The lowest BCUT2D eigenvalue weighted by Gasteiger charge is -2.13. The lowest BCUT2D eigenvalue weighted by Crippen LogP contribution is -2.15. The topological polar surface area (TPSA) is 64.3 Å². The Labute approximate surface area is 109 Å². The van der Waals surface area contributed by atoms with Gasteiger partial charge in [0, 0.05) is 19.6 Å². The molecule has 1 rings (SSSR count). The van der Waals surface area contributed by atoms with Gasteiger partial charge in [0.15, 0.2) is 0 Å². The SMILES string of the molecule is CCOCCCC(=O)Nc1c(N)ccc(C)c1C. The Morgan fingerprint density at radius 3 is 2.78 bits per heavy atom. The predicted molar refractivity (Wildman–Crippen MR) is 74.7 cm³/mol. The van der Waals surface area contributed by atoms with Gasteiger partial charge in [-0.15, -0.1) is 0 Å². The zero-order chi connectivity index (χ0) is 13.5. The molecule has 18 heavy (non-hydrogen) atoms. The van der Waals surface area contributed by atoms with Gasteiger partial charge in [0.1, 0.15) is 0 Å². The van der Waals surface area contributed by atoms with Crippen LogP contribution in [0.1, 0.15) is 30.9 Å². The molecule has 0 bridgehead atoms. The van der Waals surface area contributed by atoms with Crippen LogP contribution in [0.4, 0.5) is 11.4 Å². The minimum atomic E-state index is -0.0184. The van der Waals surface area contributed by atoms with Crippen molar-refractivity contribution in [3.05, 3.63) is 23.3 Å². The second kappa shape index (κ2) is 7.01. The third-order valence-electron chi connectivity index (χ3n) is 2.93. The number of amides is 1. The van der Waals surface area contributed by atoms with E-state index in [1.165, 1.54) is 0 Å². The molecule has 0 aliphatic rings. The molecule has 3 N–H and O–H groups in total. The van der Waals surface area contributed by atoms with Crippen LogP contribution in [0.5, 0.6) is 0 Å². The molecular weight excluding hydrogens is 228 g/mol. The van der Waals surface area contributed by atoms with E-state index in [2.05, 4.69) is 5.32 Å². The number of anilines is 2. The van der Waals surface area contributed by atoms with Crippen LogP contribution < -0.4 is 11.1 Å². The minimum absolute atomic E-state index is 0.0184. The van der Waals surface area contributed by atoms with E-state index in [0.29, 0.717) is 25.3 Å². The molecule has 1 aromatic rings. The first kappa shape index (κ1) is 14.5. The Kier molecular flexibility index (Phi) is 5.65. The first-order valence-electron chi connectivity index (χ1n) is 6.29. The van der Waals surface area contributed by atoms with E-state index in [1.807, 2.05) is 32.9 Å². The Morgan fingerprint density at radius 1 is 1.39 bits per heavy atom. The number of rotatable bonds is 6. The summed E-state index contributed by atoms with van der Waals surface area (Å²) in [5, 5.41) is 2.88. The summed E-state index contributed by atoms with van der Waals surface area (Å²) in [7, 11) is 0. The Morgan fingerprint density at radius 2 is 2.11 bits per heavy atom. The number of carbonyl (C=O) groups is 1. The summed E-state index contributed by atoms with van der Waals surface area (Å²) >= 11 is 0. The molecule has 0 aromatic heterocycles. The third kappa shape index (κ3) is 4.04. The van der Waals surface area contributed by atoms with E-state index in [4.69, 9.17) is 10.5 Å². The average Bonchev–Trinajstić information content (AvgIpc) is 2.35. The zero-order valence-corrected chi connectivity index (χ0v) is 11.4. The highest BCUT2D eigenvalue weighted by Crippen LogP contribution is 2.25. The van der Waals surface area contributed by atoms with Crippen molar-refractivity contribution < 1.29 is 9.53 Å². The van der Waals surface area contributed by atoms with Crippen LogP contribution in [0.15, 0.2) is 12.1 Å². The lowest BCUT2D eigenvalue weighted by atomic mass is 10.1. The van der Waals surface area contributed by atoms with E-state index in [-0.39, 0.29) is 5.91 Å². The molecule has 0 fully saturated rings. The molecule has 0 radical (unpaired) electrons. The fourth-order valence-corrected chi connectivity index (χ4v) is 1.68. The van der Waals surface area contributed by atoms with Crippen molar-refractivity contribution in [1.29, 1.82) is 0 Å². The van der Waals surface area contributed by atoms with E-state index in [0.717, 1.165) is 23.2 Å². The van der Waals surface area contributed by atoms with Crippen LogP contribution in [0.3, 0.4) is 0 Å². The van der Waals surface area contributed by atoms with Gasteiger partial charge in [-0.2, -0.15) is 0 Å². The summed E-state index contributed by atoms with van der Waals surface area (Å²) in [6.07, 6.45) is 1.18. The summed E-state index contributed by atoms with van der Waals surface area (Å²) in [4.78, 5) is 11.8. The number of nitrogens with two attached hydrogens (primary N) is 1. The molecule has 0 saturated heterocycles. The first-order valence-corrected chi connectivity index (χ1v) is 6.29. The standard InChI is InChI=1S/C14H22N2O2/c1-4-18-9-5-6-13(17)16-14-11(3)10(2)7-8-12(14)15/h7-8H,4-6,9,15H2,1-3H3,(H,16,17). The minimum Gasteiger partial charge on any atom is -0.397 e. The Balaban J connectivity index is 2.57. The van der Waals surface area contributed by atoms with Crippen LogP contribution >= 0.6 is 0 Å². The van der Waals surface area contributed by atoms with Crippen molar-refractivity contribution >= 4 is 17.3 Å². The molecule has 1 aromatic carbocycles. The molecule has 4 heteroatoms. The van der Waals surface area contributed by atoms with Crippen LogP contribution in [-0.2, 0) is 9.53 Å². The van der Waals surface area contributed by atoms with E-state index in [9.17, 15) is 4.79 Å². The smallest absolute Gasteiger partial charge is 0.224 e.